The summed E-state index contributed by atoms with van der Waals surface area (Å²) >= 11 is 5.87. The number of anilines is 1. The number of halogens is 2. The summed E-state index contributed by atoms with van der Waals surface area (Å²) in [6, 6.07) is 8.19. The molecule has 5 rings (SSSR count). The van der Waals surface area contributed by atoms with Crippen LogP contribution in [0.15, 0.2) is 36.4 Å². The fraction of sp³-hybridized carbons (Fsp3) is 0.400. The van der Waals surface area contributed by atoms with Gasteiger partial charge in [-0.2, -0.15) is 0 Å². The van der Waals surface area contributed by atoms with Gasteiger partial charge in [0.1, 0.15) is 11.9 Å². The Kier molecular flexibility index (Phi) is 6.48. The lowest BCUT2D eigenvalue weighted by Crippen LogP contribution is -2.61. The molecule has 2 saturated heterocycles. The summed E-state index contributed by atoms with van der Waals surface area (Å²) in [5.74, 6) is -1.18. The summed E-state index contributed by atoms with van der Waals surface area (Å²) < 4.78 is 14.5. The van der Waals surface area contributed by atoms with E-state index in [0.717, 1.165) is 19.4 Å². The number of nitrogens with two attached hydrogens (primary N) is 1. The molecule has 0 radical (unpaired) electrons. The molecule has 0 unspecified atom stereocenters. The van der Waals surface area contributed by atoms with Crippen molar-refractivity contribution in [3.8, 4) is 11.1 Å². The van der Waals surface area contributed by atoms with Crippen molar-refractivity contribution in [1.29, 1.82) is 0 Å². The van der Waals surface area contributed by atoms with E-state index in [4.69, 9.17) is 17.3 Å². The molecule has 2 fully saturated rings. The van der Waals surface area contributed by atoms with Crippen LogP contribution in [0.3, 0.4) is 0 Å². The average molecular weight is 500 g/mol. The van der Waals surface area contributed by atoms with E-state index in [1.807, 2.05) is 0 Å². The van der Waals surface area contributed by atoms with Gasteiger partial charge in [0.2, 0.25) is 11.8 Å². The highest BCUT2D eigenvalue weighted by atomic mass is 35.5. The normalized spacial score (nSPS) is 22.5. The van der Waals surface area contributed by atoms with Gasteiger partial charge in [0.05, 0.1) is 23.8 Å². The van der Waals surface area contributed by atoms with Crippen LogP contribution >= 0.6 is 11.6 Å². The van der Waals surface area contributed by atoms with Gasteiger partial charge in [-0.05, 0) is 55.3 Å². The van der Waals surface area contributed by atoms with E-state index in [-0.39, 0.29) is 47.4 Å². The lowest BCUT2D eigenvalue weighted by Gasteiger charge is -2.41. The number of benzene rings is 2. The van der Waals surface area contributed by atoms with E-state index in [1.54, 1.807) is 35.2 Å². The van der Waals surface area contributed by atoms with Crippen LogP contribution in [-0.4, -0.2) is 83.8 Å². The number of carbonyl (C=O) groups excluding carboxylic acids is 3. The molecule has 2 atom stereocenters. The highest BCUT2D eigenvalue weighted by Gasteiger charge is 2.42. The summed E-state index contributed by atoms with van der Waals surface area (Å²) in [5, 5.41) is 3.11. The lowest BCUT2D eigenvalue weighted by molar-refractivity contribution is -0.140. The molecule has 3 amide bonds. The van der Waals surface area contributed by atoms with Crippen molar-refractivity contribution in [2.45, 2.75) is 24.9 Å². The fourth-order valence-electron chi connectivity index (χ4n) is 5.29. The third-order valence-corrected chi connectivity index (χ3v) is 7.31. The largest absolute Gasteiger partial charge is 0.337 e. The number of hydrogen-bond acceptors (Lipinski definition) is 5. The number of hydrogen-bond donors (Lipinski definition) is 2. The zero-order valence-electron chi connectivity index (χ0n) is 19.2. The lowest BCUT2D eigenvalue weighted by atomic mass is 10.0. The van der Waals surface area contributed by atoms with Crippen molar-refractivity contribution in [3.05, 3.63) is 52.8 Å². The molecule has 2 aromatic rings. The van der Waals surface area contributed by atoms with Crippen molar-refractivity contribution in [3.63, 3.8) is 0 Å². The summed E-state index contributed by atoms with van der Waals surface area (Å²) in [4.78, 5) is 45.2. The zero-order chi connectivity index (χ0) is 24.7. The van der Waals surface area contributed by atoms with Crippen molar-refractivity contribution in [1.82, 2.24) is 14.7 Å². The maximum Gasteiger partial charge on any atom is 0.256 e. The van der Waals surface area contributed by atoms with Gasteiger partial charge >= 0.3 is 0 Å². The predicted octanol–water partition coefficient (Wildman–Crippen LogP) is 2.17. The van der Waals surface area contributed by atoms with E-state index in [0.29, 0.717) is 36.4 Å². The second-order valence-electron chi connectivity index (χ2n) is 9.16. The minimum atomic E-state index is -0.798. The molecule has 0 aromatic heterocycles. The number of likely N-dealkylation sites (tertiary alicyclic amines) is 1. The second kappa shape index (κ2) is 9.56. The zero-order valence-corrected chi connectivity index (χ0v) is 19.9. The van der Waals surface area contributed by atoms with Crippen LogP contribution in [0.25, 0.3) is 11.1 Å². The molecule has 0 aliphatic carbocycles. The Morgan fingerprint density at radius 1 is 1.11 bits per heavy atom. The Labute approximate surface area is 207 Å². The Balaban J connectivity index is 1.39. The molecular weight excluding hydrogens is 473 g/mol. The van der Waals surface area contributed by atoms with Gasteiger partial charge in [-0.15, -0.1) is 0 Å². The van der Waals surface area contributed by atoms with Crippen LogP contribution < -0.4 is 11.1 Å². The topological polar surface area (TPSA) is 99.0 Å². The van der Waals surface area contributed by atoms with E-state index in [2.05, 4.69) is 10.2 Å². The van der Waals surface area contributed by atoms with Gasteiger partial charge in [-0.25, -0.2) is 4.39 Å². The van der Waals surface area contributed by atoms with Crippen molar-refractivity contribution in [2.24, 2.45) is 5.73 Å². The first-order chi connectivity index (χ1) is 16.9. The number of nitrogens with zero attached hydrogens (tertiary/aromatic N) is 3. The first kappa shape index (κ1) is 23.7. The molecule has 10 heteroatoms. The average Bonchev–Trinajstić information content (AvgIpc) is 3.28. The van der Waals surface area contributed by atoms with Crippen LogP contribution in [0.1, 0.15) is 23.2 Å². The van der Waals surface area contributed by atoms with Crippen LogP contribution in [0.2, 0.25) is 5.02 Å². The van der Waals surface area contributed by atoms with Crippen LogP contribution in [0.5, 0.6) is 0 Å². The first-order valence-electron chi connectivity index (χ1n) is 11.8. The standard InChI is InChI=1S/C25H27ClFN5O3/c26-16-4-5-17(19(27)13-16)15-3-6-20-18(12-15)24(34)32-11-10-31(14-22(32)23(33)29-20)25(35)21-2-1-8-30(21)9-7-28/h3-6,12-13,21-22H,1-2,7-11,14,28H2,(H,29,33)/t21-,22+/m0/s1. The third kappa shape index (κ3) is 4.39. The van der Waals surface area contributed by atoms with Gasteiger partial charge in [-0.1, -0.05) is 17.7 Å². The number of fused-ring (bicyclic) bond motifs is 2. The molecule has 3 heterocycles. The Hall–Kier alpha value is -3.01. The molecular formula is C25H27ClFN5O3. The summed E-state index contributed by atoms with van der Waals surface area (Å²) in [7, 11) is 0. The van der Waals surface area contributed by atoms with E-state index >= 15 is 0 Å². The molecule has 3 aliphatic heterocycles. The van der Waals surface area contributed by atoms with Crippen molar-refractivity contribution >= 4 is 35.0 Å². The van der Waals surface area contributed by atoms with Gasteiger partial charge in [0.15, 0.2) is 0 Å². The minimum Gasteiger partial charge on any atom is -0.337 e. The van der Waals surface area contributed by atoms with E-state index in [9.17, 15) is 18.8 Å². The van der Waals surface area contributed by atoms with Gasteiger partial charge in [0, 0.05) is 36.8 Å². The van der Waals surface area contributed by atoms with Crippen molar-refractivity contribution in [2.75, 3.05) is 44.6 Å². The summed E-state index contributed by atoms with van der Waals surface area (Å²) in [5.41, 5.74) is 7.18. The van der Waals surface area contributed by atoms with Gasteiger partial charge in [-0.3, -0.25) is 19.3 Å². The minimum absolute atomic E-state index is 0.0156. The quantitative estimate of drug-likeness (QED) is 0.672. The number of amides is 3. The van der Waals surface area contributed by atoms with E-state index < -0.39 is 11.9 Å². The predicted molar refractivity (Wildman–Crippen MR) is 131 cm³/mol. The Morgan fingerprint density at radius 3 is 2.71 bits per heavy atom. The van der Waals surface area contributed by atoms with E-state index in [1.165, 1.54) is 11.0 Å². The number of nitrogens with one attached hydrogen (secondary N) is 1. The second-order valence-corrected chi connectivity index (χ2v) is 9.59. The monoisotopic (exact) mass is 499 g/mol. The molecule has 0 saturated carbocycles. The molecule has 184 valence electrons. The Morgan fingerprint density at radius 2 is 1.94 bits per heavy atom. The number of rotatable bonds is 4. The molecule has 8 nitrogen and oxygen atoms in total. The summed E-state index contributed by atoms with van der Waals surface area (Å²) in [6.45, 7) is 2.70. The molecule has 0 spiro atoms. The first-order valence-corrected chi connectivity index (χ1v) is 12.2. The molecule has 3 N–H and O–H groups in total. The molecule has 35 heavy (non-hydrogen) atoms. The smallest absolute Gasteiger partial charge is 0.256 e. The summed E-state index contributed by atoms with van der Waals surface area (Å²) in [6.07, 6.45) is 1.70. The fourth-order valence-corrected chi connectivity index (χ4v) is 5.45. The Bertz CT molecular complexity index is 1190. The van der Waals surface area contributed by atoms with Crippen LogP contribution in [0.4, 0.5) is 10.1 Å². The van der Waals surface area contributed by atoms with Crippen LogP contribution in [0, 0.1) is 5.82 Å². The SMILES string of the molecule is NCCN1CCC[C@H]1C(=O)N1CCN2C(=O)c3cc(-c4ccc(Cl)cc4F)ccc3NC(=O)[C@H]2C1. The number of piperazine rings is 1. The number of carbonyl (C=O) groups is 3. The van der Waals surface area contributed by atoms with Gasteiger partial charge in [0.25, 0.3) is 5.91 Å². The molecule has 3 aliphatic rings. The van der Waals surface area contributed by atoms with Crippen LogP contribution in [-0.2, 0) is 9.59 Å². The molecule has 0 bridgehead atoms. The van der Waals surface area contributed by atoms with Crippen molar-refractivity contribution < 1.29 is 18.8 Å². The maximum atomic E-state index is 14.5. The maximum absolute atomic E-state index is 14.5. The molecule has 2 aromatic carbocycles. The van der Waals surface area contributed by atoms with Gasteiger partial charge < -0.3 is 20.9 Å². The highest BCUT2D eigenvalue weighted by molar-refractivity contribution is 6.30. The highest BCUT2D eigenvalue weighted by Crippen LogP contribution is 2.32. The third-order valence-electron chi connectivity index (χ3n) is 7.07.